The average Bonchev–Trinajstić information content (AvgIpc) is 2.45. The number of benzene rings is 1. The molecule has 1 aromatic heterocycles. The van der Waals surface area contributed by atoms with Crippen LogP contribution in [0.1, 0.15) is 11.3 Å². The zero-order valence-electron chi connectivity index (χ0n) is 10.6. The largest absolute Gasteiger partial charge is 0.573 e. The molecule has 0 radical (unpaired) electrons. The van der Waals surface area contributed by atoms with Gasteiger partial charge < -0.3 is 10.1 Å². The van der Waals surface area contributed by atoms with E-state index in [4.69, 9.17) is 5.26 Å². The van der Waals surface area contributed by atoms with Crippen molar-refractivity contribution < 1.29 is 17.9 Å². The van der Waals surface area contributed by atoms with Gasteiger partial charge in [-0.2, -0.15) is 5.26 Å². The van der Waals surface area contributed by atoms with Crippen LogP contribution in [0.4, 0.5) is 19.0 Å². The number of halogens is 3. The molecule has 5 nitrogen and oxygen atoms in total. The molecule has 0 saturated heterocycles. The number of aromatic nitrogens is 2. The summed E-state index contributed by atoms with van der Waals surface area (Å²) in [7, 11) is 0. The maximum atomic E-state index is 12.3. The quantitative estimate of drug-likeness (QED) is 0.938. The summed E-state index contributed by atoms with van der Waals surface area (Å²) in [5.41, 5.74) is 0.474. The van der Waals surface area contributed by atoms with Crippen LogP contribution in [0.3, 0.4) is 0 Å². The number of nitrogens with zero attached hydrogens (tertiary/aromatic N) is 3. The SMILES string of the molecule is N#Cc1ccc(NCc2ccccc2OC(F)(F)F)nn1. The minimum Gasteiger partial charge on any atom is -0.405 e. The lowest BCUT2D eigenvalue weighted by molar-refractivity contribution is -0.274. The average molecular weight is 294 g/mol. The van der Waals surface area contributed by atoms with Crippen LogP contribution in [0, 0.1) is 11.3 Å². The molecule has 8 heteroatoms. The van der Waals surface area contributed by atoms with Gasteiger partial charge in [-0.05, 0) is 18.2 Å². The third-order valence-corrected chi connectivity index (χ3v) is 2.44. The number of nitrogens with one attached hydrogen (secondary N) is 1. The van der Waals surface area contributed by atoms with Crippen LogP contribution >= 0.6 is 0 Å². The van der Waals surface area contributed by atoms with Gasteiger partial charge >= 0.3 is 6.36 Å². The van der Waals surface area contributed by atoms with Crippen LogP contribution in [0.5, 0.6) is 5.75 Å². The van der Waals surface area contributed by atoms with Crippen molar-refractivity contribution in [2.24, 2.45) is 0 Å². The van der Waals surface area contributed by atoms with E-state index >= 15 is 0 Å². The van der Waals surface area contributed by atoms with Gasteiger partial charge in [-0.3, -0.25) is 0 Å². The lowest BCUT2D eigenvalue weighted by atomic mass is 10.2. The monoisotopic (exact) mass is 294 g/mol. The fourth-order valence-electron chi connectivity index (χ4n) is 1.55. The summed E-state index contributed by atoms with van der Waals surface area (Å²) in [5, 5.41) is 18.7. The summed E-state index contributed by atoms with van der Waals surface area (Å²) < 4.78 is 40.8. The number of para-hydroxylation sites is 1. The lowest BCUT2D eigenvalue weighted by Crippen LogP contribution is -2.18. The maximum Gasteiger partial charge on any atom is 0.573 e. The normalized spacial score (nSPS) is 10.8. The fraction of sp³-hybridized carbons (Fsp3) is 0.154. The Hall–Kier alpha value is -2.82. The number of nitriles is 1. The molecule has 0 amide bonds. The minimum absolute atomic E-state index is 0.0762. The molecule has 2 aromatic rings. The molecule has 2 rings (SSSR count). The number of alkyl halides is 3. The highest BCUT2D eigenvalue weighted by Crippen LogP contribution is 2.26. The highest BCUT2D eigenvalue weighted by Gasteiger charge is 2.31. The van der Waals surface area contributed by atoms with Crippen LogP contribution in [0.25, 0.3) is 0 Å². The number of hydrogen-bond donors (Lipinski definition) is 1. The molecule has 0 aliphatic rings. The first-order valence-corrected chi connectivity index (χ1v) is 5.79. The van der Waals surface area contributed by atoms with E-state index in [2.05, 4.69) is 20.3 Å². The molecule has 0 aliphatic heterocycles. The lowest BCUT2D eigenvalue weighted by Gasteiger charge is -2.13. The van der Waals surface area contributed by atoms with Crippen molar-refractivity contribution in [1.29, 1.82) is 5.26 Å². The van der Waals surface area contributed by atoms with Gasteiger partial charge in [0.1, 0.15) is 17.6 Å². The van der Waals surface area contributed by atoms with E-state index in [9.17, 15) is 13.2 Å². The molecule has 1 heterocycles. The van der Waals surface area contributed by atoms with Gasteiger partial charge in [0.05, 0.1) is 0 Å². The third kappa shape index (κ3) is 4.35. The first kappa shape index (κ1) is 14.6. The minimum atomic E-state index is -4.75. The summed E-state index contributed by atoms with van der Waals surface area (Å²) in [5.74, 6) is 0.0647. The van der Waals surface area contributed by atoms with Gasteiger partial charge in [0.15, 0.2) is 5.69 Å². The Morgan fingerprint density at radius 3 is 2.52 bits per heavy atom. The molecule has 108 valence electrons. The van der Waals surface area contributed by atoms with Gasteiger partial charge in [-0.1, -0.05) is 18.2 Å². The van der Waals surface area contributed by atoms with Crippen molar-refractivity contribution in [3.63, 3.8) is 0 Å². The molecule has 0 atom stereocenters. The second-order valence-corrected chi connectivity index (χ2v) is 3.92. The van der Waals surface area contributed by atoms with Crippen LogP contribution in [-0.4, -0.2) is 16.6 Å². The Morgan fingerprint density at radius 1 is 1.14 bits per heavy atom. The van der Waals surface area contributed by atoms with Crippen molar-refractivity contribution >= 4 is 5.82 Å². The molecule has 0 fully saturated rings. The molecule has 0 aliphatic carbocycles. The van der Waals surface area contributed by atoms with Gasteiger partial charge in [-0.15, -0.1) is 23.4 Å². The Kier molecular flexibility index (Phi) is 4.23. The van der Waals surface area contributed by atoms with Gasteiger partial charge in [0.25, 0.3) is 0 Å². The molecule has 1 aromatic carbocycles. The fourth-order valence-corrected chi connectivity index (χ4v) is 1.55. The molecular weight excluding hydrogens is 285 g/mol. The molecule has 1 N–H and O–H groups in total. The molecular formula is C13H9F3N4O. The molecule has 0 bridgehead atoms. The Bertz CT molecular complexity index is 650. The summed E-state index contributed by atoms with van der Waals surface area (Å²) in [6.07, 6.45) is -4.75. The smallest absolute Gasteiger partial charge is 0.405 e. The first-order chi connectivity index (χ1) is 9.98. The van der Waals surface area contributed by atoms with Gasteiger partial charge in [0, 0.05) is 12.1 Å². The predicted molar refractivity (Wildman–Crippen MR) is 67.2 cm³/mol. The number of hydrogen-bond acceptors (Lipinski definition) is 5. The molecule has 21 heavy (non-hydrogen) atoms. The highest BCUT2D eigenvalue weighted by atomic mass is 19.4. The van der Waals surface area contributed by atoms with E-state index in [0.717, 1.165) is 0 Å². The van der Waals surface area contributed by atoms with E-state index in [1.807, 2.05) is 6.07 Å². The predicted octanol–water partition coefficient (Wildman–Crippen LogP) is 2.86. The zero-order chi connectivity index (χ0) is 15.3. The van der Waals surface area contributed by atoms with E-state index < -0.39 is 6.36 Å². The molecule has 0 unspecified atom stereocenters. The van der Waals surface area contributed by atoms with E-state index in [1.165, 1.54) is 30.3 Å². The van der Waals surface area contributed by atoms with Gasteiger partial charge in [-0.25, -0.2) is 0 Å². The topological polar surface area (TPSA) is 70.8 Å². The van der Waals surface area contributed by atoms with E-state index in [0.29, 0.717) is 11.4 Å². The zero-order valence-corrected chi connectivity index (χ0v) is 10.6. The van der Waals surface area contributed by atoms with E-state index in [-0.39, 0.29) is 18.0 Å². The summed E-state index contributed by atoms with van der Waals surface area (Å²) in [6, 6.07) is 10.6. The van der Waals surface area contributed by atoms with Crippen LogP contribution < -0.4 is 10.1 Å². The van der Waals surface area contributed by atoms with Crippen LogP contribution in [0.15, 0.2) is 36.4 Å². The Morgan fingerprint density at radius 2 is 1.90 bits per heavy atom. The molecule has 0 saturated carbocycles. The Labute approximate surface area is 118 Å². The highest BCUT2D eigenvalue weighted by molar-refractivity contribution is 5.40. The van der Waals surface area contributed by atoms with Crippen molar-refractivity contribution in [2.45, 2.75) is 12.9 Å². The van der Waals surface area contributed by atoms with Crippen molar-refractivity contribution in [3.05, 3.63) is 47.7 Å². The summed E-state index contributed by atoms with van der Waals surface area (Å²) in [4.78, 5) is 0. The number of anilines is 1. The number of ether oxygens (including phenoxy) is 1. The Balaban J connectivity index is 2.07. The first-order valence-electron chi connectivity index (χ1n) is 5.79. The molecule has 0 spiro atoms. The van der Waals surface area contributed by atoms with Crippen molar-refractivity contribution in [3.8, 4) is 11.8 Å². The number of rotatable bonds is 4. The second-order valence-electron chi connectivity index (χ2n) is 3.92. The van der Waals surface area contributed by atoms with Crippen LogP contribution in [0.2, 0.25) is 0 Å². The van der Waals surface area contributed by atoms with Crippen molar-refractivity contribution in [2.75, 3.05) is 5.32 Å². The van der Waals surface area contributed by atoms with E-state index in [1.54, 1.807) is 6.07 Å². The van der Waals surface area contributed by atoms with Crippen LogP contribution in [-0.2, 0) is 6.54 Å². The van der Waals surface area contributed by atoms with Crippen molar-refractivity contribution in [1.82, 2.24) is 10.2 Å². The summed E-state index contributed by atoms with van der Waals surface area (Å²) >= 11 is 0. The third-order valence-electron chi connectivity index (χ3n) is 2.44. The second kappa shape index (κ2) is 6.09. The summed E-state index contributed by atoms with van der Waals surface area (Å²) in [6.45, 7) is 0.0762. The maximum absolute atomic E-state index is 12.3. The standard InChI is InChI=1S/C13H9F3N4O/c14-13(15,16)21-11-4-2-1-3-9(11)8-18-12-6-5-10(7-17)19-20-12/h1-6H,8H2,(H,18,20). The van der Waals surface area contributed by atoms with Gasteiger partial charge in [0.2, 0.25) is 0 Å².